The van der Waals surface area contributed by atoms with Gasteiger partial charge in [0.1, 0.15) is 11.6 Å². The van der Waals surface area contributed by atoms with Gasteiger partial charge in [0.25, 0.3) is 11.8 Å². The molecule has 27 heavy (non-hydrogen) atoms. The average molecular weight is 370 g/mol. The number of nitrogens with zero attached hydrogens (tertiary/aromatic N) is 2. The third-order valence-corrected chi connectivity index (χ3v) is 4.57. The number of benzene rings is 1. The Morgan fingerprint density at radius 3 is 2.52 bits per heavy atom. The summed E-state index contributed by atoms with van der Waals surface area (Å²) in [4.78, 5) is 31.0. The van der Waals surface area contributed by atoms with Crippen LogP contribution in [0.5, 0.6) is 0 Å². The molecule has 7 heteroatoms. The van der Waals surface area contributed by atoms with E-state index >= 15 is 0 Å². The Balaban J connectivity index is 1.51. The van der Waals surface area contributed by atoms with E-state index in [9.17, 15) is 14.0 Å². The second-order valence-electron chi connectivity index (χ2n) is 6.54. The smallest absolute Gasteiger partial charge is 0.255 e. The maximum Gasteiger partial charge on any atom is 0.255 e. The second-order valence-corrected chi connectivity index (χ2v) is 6.54. The van der Waals surface area contributed by atoms with Gasteiger partial charge >= 0.3 is 0 Å². The molecule has 0 unspecified atom stereocenters. The standard InChI is InChI=1S/C20H23FN4O2/c1-14-6-7-15(13-17(14)21)19(26)23-9-10-24-20(27)16-5-4-8-22-18(16)25-11-2-3-12-25/h4-8,13H,2-3,9-12H2,1H3,(H,23,26)(H,24,27). The van der Waals surface area contributed by atoms with Crippen LogP contribution >= 0.6 is 0 Å². The van der Waals surface area contributed by atoms with Crippen molar-refractivity contribution in [3.05, 3.63) is 59.0 Å². The topological polar surface area (TPSA) is 74.3 Å². The normalized spacial score (nSPS) is 13.5. The molecule has 0 radical (unpaired) electrons. The first-order chi connectivity index (χ1) is 13.1. The summed E-state index contributed by atoms with van der Waals surface area (Å²) in [6, 6.07) is 7.84. The molecule has 1 aromatic carbocycles. The first-order valence-corrected chi connectivity index (χ1v) is 9.09. The first-order valence-electron chi connectivity index (χ1n) is 9.09. The SMILES string of the molecule is Cc1ccc(C(=O)NCCNC(=O)c2cccnc2N2CCCC2)cc1F. The number of aryl methyl sites for hydroxylation is 1. The Kier molecular flexibility index (Phi) is 6.01. The summed E-state index contributed by atoms with van der Waals surface area (Å²) in [5.41, 5.74) is 1.28. The number of rotatable bonds is 6. The van der Waals surface area contributed by atoms with Crippen LogP contribution in [0.1, 0.15) is 39.1 Å². The van der Waals surface area contributed by atoms with E-state index in [2.05, 4.69) is 20.5 Å². The van der Waals surface area contributed by atoms with Crippen molar-refractivity contribution in [1.82, 2.24) is 15.6 Å². The lowest BCUT2D eigenvalue weighted by atomic mass is 10.1. The van der Waals surface area contributed by atoms with Crippen LogP contribution in [0, 0.1) is 12.7 Å². The molecule has 1 aromatic heterocycles. The molecule has 2 heterocycles. The summed E-state index contributed by atoms with van der Waals surface area (Å²) >= 11 is 0. The first kappa shape index (κ1) is 18.8. The van der Waals surface area contributed by atoms with Crippen LogP contribution in [-0.2, 0) is 0 Å². The summed E-state index contributed by atoms with van der Waals surface area (Å²) in [7, 11) is 0. The molecule has 2 aromatic rings. The number of amides is 2. The second kappa shape index (κ2) is 8.62. The fourth-order valence-corrected chi connectivity index (χ4v) is 3.04. The third kappa shape index (κ3) is 4.61. The van der Waals surface area contributed by atoms with Gasteiger partial charge in [-0.3, -0.25) is 9.59 Å². The van der Waals surface area contributed by atoms with Crippen LogP contribution in [-0.4, -0.2) is 43.0 Å². The van der Waals surface area contributed by atoms with Crippen LogP contribution in [0.2, 0.25) is 0 Å². The third-order valence-electron chi connectivity index (χ3n) is 4.57. The predicted molar refractivity (Wildman–Crippen MR) is 101 cm³/mol. The molecule has 1 aliphatic heterocycles. The van der Waals surface area contributed by atoms with Crippen molar-refractivity contribution in [2.45, 2.75) is 19.8 Å². The molecule has 1 fully saturated rings. The minimum atomic E-state index is -0.415. The molecule has 2 amide bonds. The van der Waals surface area contributed by atoms with E-state index in [1.54, 1.807) is 37.4 Å². The number of anilines is 1. The van der Waals surface area contributed by atoms with E-state index in [1.807, 2.05) is 0 Å². The average Bonchev–Trinajstić information content (AvgIpc) is 3.21. The van der Waals surface area contributed by atoms with E-state index in [0.717, 1.165) is 25.9 Å². The highest BCUT2D eigenvalue weighted by atomic mass is 19.1. The summed E-state index contributed by atoms with van der Waals surface area (Å²) in [5.74, 6) is -0.309. The van der Waals surface area contributed by atoms with Crippen molar-refractivity contribution < 1.29 is 14.0 Å². The Morgan fingerprint density at radius 1 is 1.11 bits per heavy atom. The summed E-state index contributed by atoms with van der Waals surface area (Å²) < 4.78 is 13.5. The zero-order valence-electron chi connectivity index (χ0n) is 15.3. The fourth-order valence-electron chi connectivity index (χ4n) is 3.04. The maximum atomic E-state index is 13.5. The number of carbonyl (C=O) groups excluding carboxylic acids is 2. The molecule has 1 aliphatic rings. The van der Waals surface area contributed by atoms with Gasteiger partial charge in [0, 0.05) is 37.9 Å². The zero-order valence-corrected chi connectivity index (χ0v) is 15.3. The molecule has 0 atom stereocenters. The summed E-state index contributed by atoms with van der Waals surface area (Å²) in [5, 5.41) is 5.47. The quantitative estimate of drug-likeness (QED) is 0.765. The van der Waals surface area contributed by atoms with Gasteiger partial charge in [-0.1, -0.05) is 6.07 Å². The minimum Gasteiger partial charge on any atom is -0.356 e. The lowest BCUT2D eigenvalue weighted by molar-refractivity contribution is 0.0927. The number of nitrogens with one attached hydrogen (secondary N) is 2. The van der Waals surface area contributed by atoms with Crippen molar-refractivity contribution in [3.63, 3.8) is 0 Å². The molecule has 0 aliphatic carbocycles. The summed E-state index contributed by atoms with van der Waals surface area (Å²) in [6.07, 6.45) is 3.89. The number of hydrogen-bond donors (Lipinski definition) is 2. The monoisotopic (exact) mass is 370 g/mol. The number of hydrogen-bond acceptors (Lipinski definition) is 4. The number of aromatic nitrogens is 1. The van der Waals surface area contributed by atoms with Crippen LogP contribution in [0.15, 0.2) is 36.5 Å². The van der Waals surface area contributed by atoms with Crippen LogP contribution < -0.4 is 15.5 Å². The van der Waals surface area contributed by atoms with Crippen molar-refractivity contribution >= 4 is 17.6 Å². The van der Waals surface area contributed by atoms with Gasteiger partial charge in [-0.05, 0) is 49.6 Å². The van der Waals surface area contributed by atoms with E-state index < -0.39 is 5.82 Å². The Hall–Kier alpha value is -2.96. The van der Waals surface area contributed by atoms with Gasteiger partial charge in [-0.15, -0.1) is 0 Å². The van der Waals surface area contributed by atoms with Crippen LogP contribution in [0.25, 0.3) is 0 Å². The molecule has 1 saturated heterocycles. The largest absolute Gasteiger partial charge is 0.356 e. The van der Waals surface area contributed by atoms with Gasteiger partial charge in [0.2, 0.25) is 0 Å². The molecular weight excluding hydrogens is 347 g/mol. The molecule has 0 bridgehead atoms. The Labute approximate surface area is 157 Å². The van der Waals surface area contributed by atoms with Crippen LogP contribution in [0.3, 0.4) is 0 Å². The lowest BCUT2D eigenvalue weighted by Gasteiger charge is -2.19. The van der Waals surface area contributed by atoms with E-state index in [4.69, 9.17) is 0 Å². The van der Waals surface area contributed by atoms with E-state index in [0.29, 0.717) is 16.9 Å². The highest BCUT2D eigenvalue weighted by Gasteiger charge is 2.20. The van der Waals surface area contributed by atoms with E-state index in [1.165, 1.54) is 6.07 Å². The zero-order chi connectivity index (χ0) is 19.2. The molecule has 142 valence electrons. The maximum absolute atomic E-state index is 13.5. The van der Waals surface area contributed by atoms with Crippen molar-refractivity contribution in [2.75, 3.05) is 31.1 Å². The van der Waals surface area contributed by atoms with E-state index in [-0.39, 0.29) is 30.5 Å². The van der Waals surface area contributed by atoms with Gasteiger partial charge in [0.15, 0.2) is 0 Å². The Bertz CT molecular complexity index is 834. The molecular formula is C20H23FN4O2. The number of pyridine rings is 1. The van der Waals surface area contributed by atoms with Gasteiger partial charge in [-0.25, -0.2) is 9.37 Å². The number of halogens is 1. The highest BCUT2D eigenvalue weighted by molar-refractivity contribution is 5.99. The van der Waals surface area contributed by atoms with Gasteiger partial charge < -0.3 is 15.5 Å². The van der Waals surface area contributed by atoms with Crippen molar-refractivity contribution in [1.29, 1.82) is 0 Å². The number of carbonyl (C=O) groups is 2. The molecule has 3 rings (SSSR count). The summed E-state index contributed by atoms with van der Waals surface area (Å²) in [6.45, 7) is 3.97. The van der Waals surface area contributed by atoms with Crippen LogP contribution in [0.4, 0.5) is 10.2 Å². The van der Waals surface area contributed by atoms with Crippen molar-refractivity contribution in [3.8, 4) is 0 Å². The highest BCUT2D eigenvalue weighted by Crippen LogP contribution is 2.21. The van der Waals surface area contributed by atoms with Gasteiger partial charge in [-0.2, -0.15) is 0 Å². The van der Waals surface area contributed by atoms with Gasteiger partial charge in [0.05, 0.1) is 5.56 Å². The Morgan fingerprint density at radius 2 is 1.81 bits per heavy atom. The predicted octanol–water partition coefficient (Wildman–Crippen LogP) is 2.29. The molecule has 0 saturated carbocycles. The minimum absolute atomic E-state index is 0.222. The molecule has 0 spiro atoms. The molecule has 2 N–H and O–H groups in total. The molecule has 6 nitrogen and oxygen atoms in total. The fraction of sp³-hybridized carbons (Fsp3) is 0.350. The van der Waals surface area contributed by atoms with Crippen molar-refractivity contribution in [2.24, 2.45) is 0 Å². The lowest BCUT2D eigenvalue weighted by Crippen LogP contribution is -2.35.